The highest BCUT2D eigenvalue weighted by Crippen LogP contribution is 2.53. The van der Waals surface area contributed by atoms with Crippen LogP contribution in [0.25, 0.3) is 0 Å². The summed E-state index contributed by atoms with van der Waals surface area (Å²) in [7, 11) is 0. The zero-order chi connectivity index (χ0) is 17.7. The molecule has 0 spiro atoms. The Kier molecular flexibility index (Phi) is 3.62. The smallest absolute Gasteiger partial charge is 0.138 e. The van der Waals surface area contributed by atoms with Gasteiger partial charge in [0.15, 0.2) is 0 Å². The predicted molar refractivity (Wildman–Crippen MR) is 92.3 cm³/mol. The maximum atomic E-state index is 10.3. The van der Waals surface area contributed by atoms with Crippen molar-refractivity contribution in [2.75, 3.05) is 6.61 Å². The number of benzene rings is 2. The summed E-state index contributed by atoms with van der Waals surface area (Å²) in [5, 5.41) is 30.1. The Morgan fingerprint density at radius 3 is 2.76 bits per heavy atom. The van der Waals surface area contributed by atoms with Crippen LogP contribution in [0.15, 0.2) is 42.5 Å². The molecule has 3 N–H and O–H groups in total. The number of rotatable bonds is 3. The molecule has 0 saturated carbocycles. The minimum atomic E-state index is -0.746. The fraction of sp³-hybridized carbons (Fsp3) is 0.300. The number of phenols is 2. The number of aliphatic hydroxyl groups is 1. The Morgan fingerprint density at radius 1 is 1.24 bits per heavy atom. The number of fused-ring (bicyclic) bond motifs is 5. The highest BCUT2D eigenvalue weighted by Gasteiger charge is 2.42. The van der Waals surface area contributed by atoms with E-state index in [1.807, 2.05) is 6.07 Å². The summed E-state index contributed by atoms with van der Waals surface area (Å²) in [6, 6.07) is 8.48. The molecule has 0 amide bonds. The lowest BCUT2D eigenvalue weighted by Crippen LogP contribution is -2.23. The second kappa shape index (κ2) is 5.70. The van der Waals surface area contributed by atoms with Crippen LogP contribution < -0.4 is 9.47 Å². The Bertz CT molecular complexity index is 857. The van der Waals surface area contributed by atoms with Gasteiger partial charge in [-0.25, -0.2) is 0 Å². The number of phenolic OH excluding ortho intramolecular Hbond substituents is 2. The van der Waals surface area contributed by atoms with E-state index < -0.39 is 6.10 Å². The fourth-order valence-corrected chi connectivity index (χ4v) is 3.52. The molecule has 0 fully saturated rings. The maximum Gasteiger partial charge on any atom is 0.138 e. The molecule has 0 aliphatic carbocycles. The van der Waals surface area contributed by atoms with Crippen molar-refractivity contribution in [1.29, 1.82) is 0 Å². The first kappa shape index (κ1) is 15.8. The van der Waals surface area contributed by atoms with Crippen molar-refractivity contribution in [2.24, 2.45) is 0 Å². The minimum Gasteiger partial charge on any atom is -0.508 e. The van der Waals surface area contributed by atoms with E-state index in [1.54, 1.807) is 31.2 Å². The Balaban J connectivity index is 1.75. The van der Waals surface area contributed by atoms with Gasteiger partial charge in [-0.1, -0.05) is 18.2 Å². The van der Waals surface area contributed by atoms with Crippen molar-refractivity contribution in [3.8, 4) is 23.0 Å². The molecular formula is C20H20O5. The van der Waals surface area contributed by atoms with Crippen LogP contribution in [0.4, 0.5) is 0 Å². The number of hydrogen-bond acceptors (Lipinski definition) is 5. The van der Waals surface area contributed by atoms with Crippen LogP contribution in [0.5, 0.6) is 23.0 Å². The summed E-state index contributed by atoms with van der Waals surface area (Å²) in [4.78, 5) is 0. The van der Waals surface area contributed by atoms with Crippen LogP contribution in [0, 0.1) is 0 Å². The number of aliphatic hydroxyl groups excluding tert-OH is 1. The Morgan fingerprint density at radius 2 is 2.00 bits per heavy atom. The van der Waals surface area contributed by atoms with Crippen molar-refractivity contribution in [3.05, 3.63) is 59.2 Å². The Hall–Kier alpha value is -2.66. The van der Waals surface area contributed by atoms with Gasteiger partial charge >= 0.3 is 0 Å². The molecule has 4 rings (SSSR count). The highest BCUT2D eigenvalue weighted by molar-refractivity contribution is 5.57. The van der Waals surface area contributed by atoms with Crippen LogP contribution in [0.1, 0.15) is 35.6 Å². The van der Waals surface area contributed by atoms with Gasteiger partial charge in [-0.3, -0.25) is 0 Å². The van der Waals surface area contributed by atoms with E-state index in [4.69, 9.17) is 9.47 Å². The zero-order valence-electron chi connectivity index (χ0n) is 13.9. The van der Waals surface area contributed by atoms with Gasteiger partial charge in [-0.2, -0.15) is 0 Å². The molecule has 5 nitrogen and oxygen atoms in total. The van der Waals surface area contributed by atoms with Crippen molar-refractivity contribution in [3.63, 3.8) is 0 Å². The molecular weight excluding hydrogens is 320 g/mol. The summed E-state index contributed by atoms with van der Waals surface area (Å²) in [6.07, 6.45) is -0.737. The molecule has 2 aromatic carbocycles. The average molecular weight is 340 g/mol. The molecule has 0 unspecified atom stereocenters. The molecule has 2 aliphatic heterocycles. The van der Waals surface area contributed by atoms with E-state index in [-0.39, 0.29) is 29.9 Å². The van der Waals surface area contributed by atoms with Gasteiger partial charge in [0.2, 0.25) is 0 Å². The normalized spacial score (nSPS) is 21.4. The molecule has 2 aromatic rings. The second-order valence-corrected chi connectivity index (χ2v) is 6.73. The van der Waals surface area contributed by atoms with Gasteiger partial charge in [-0.15, -0.1) is 0 Å². The molecule has 3 atom stereocenters. The predicted octanol–water partition coefficient (Wildman–Crippen LogP) is 3.19. The van der Waals surface area contributed by atoms with Gasteiger partial charge in [-0.05, 0) is 25.1 Å². The second-order valence-electron chi connectivity index (χ2n) is 6.73. The van der Waals surface area contributed by atoms with Crippen LogP contribution >= 0.6 is 0 Å². The molecule has 0 aromatic heterocycles. The van der Waals surface area contributed by atoms with E-state index in [0.717, 1.165) is 11.1 Å². The highest BCUT2D eigenvalue weighted by atomic mass is 16.5. The first-order valence-electron chi connectivity index (χ1n) is 8.26. The van der Waals surface area contributed by atoms with Gasteiger partial charge in [0, 0.05) is 29.2 Å². The summed E-state index contributed by atoms with van der Waals surface area (Å²) in [6.45, 7) is 5.95. The van der Waals surface area contributed by atoms with Crippen molar-refractivity contribution < 1.29 is 24.8 Å². The van der Waals surface area contributed by atoms with Crippen LogP contribution in [-0.2, 0) is 6.42 Å². The average Bonchev–Trinajstić information content (AvgIpc) is 2.95. The monoisotopic (exact) mass is 340 g/mol. The van der Waals surface area contributed by atoms with Gasteiger partial charge in [0.05, 0.1) is 18.6 Å². The van der Waals surface area contributed by atoms with Crippen LogP contribution in [-0.4, -0.2) is 28.0 Å². The molecule has 130 valence electrons. The number of aromatic hydroxyl groups is 2. The van der Waals surface area contributed by atoms with Crippen LogP contribution in [0.3, 0.4) is 0 Å². The van der Waals surface area contributed by atoms with E-state index in [0.29, 0.717) is 29.2 Å². The lowest BCUT2D eigenvalue weighted by molar-refractivity contribution is 0.137. The van der Waals surface area contributed by atoms with Crippen molar-refractivity contribution in [2.45, 2.75) is 31.5 Å². The van der Waals surface area contributed by atoms with Gasteiger partial charge in [0.1, 0.15) is 29.1 Å². The van der Waals surface area contributed by atoms with Crippen molar-refractivity contribution >= 4 is 0 Å². The van der Waals surface area contributed by atoms with Crippen molar-refractivity contribution in [1.82, 2.24) is 0 Å². The number of ether oxygens (including phenoxy) is 2. The fourth-order valence-electron chi connectivity index (χ4n) is 3.52. The first-order chi connectivity index (χ1) is 12.0. The lowest BCUT2D eigenvalue weighted by atomic mass is 9.88. The third-order valence-electron chi connectivity index (χ3n) is 4.96. The molecule has 2 heterocycles. The number of hydrogen-bond donors (Lipinski definition) is 3. The van der Waals surface area contributed by atoms with Crippen LogP contribution in [0.2, 0.25) is 0 Å². The third kappa shape index (κ3) is 2.51. The first-order valence-corrected chi connectivity index (χ1v) is 8.26. The summed E-state index contributed by atoms with van der Waals surface area (Å²) < 4.78 is 12.0. The molecule has 2 aliphatic rings. The summed E-state index contributed by atoms with van der Waals surface area (Å²) in [5.41, 5.74) is 3.06. The van der Waals surface area contributed by atoms with E-state index in [2.05, 4.69) is 6.58 Å². The van der Waals surface area contributed by atoms with Gasteiger partial charge < -0.3 is 24.8 Å². The SMILES string of the molecule is C=C(C)[C@@H](O)Cc1c(O)ccc2c1O[C@H]1c3ccc(O)cc3OC[C@@H]21. The minimum absolute atomic E-state index is 0.00774. The van der Waals surface area contributed by atoms with Gasteiger partial charge in [0.25, 0.3) is 0 Å². The van der Waals surface area contributed by atoms with E-state index in [1.165, 1.54) is 0 Å². The van der Waals surface area contributed by atoms with E-state index >= 15 is 0 Å². The lowest BCUT2D eigenvalue weighted by Gasteiger charge is -2.27. The third-order valence-corrected chi connectivity index (χ3v) is 4.96. The summed E-state index contributed by atoms with van der Waals surface area (Å²) >= 11 is 0. The molecule has 5 heteroatoms. The maximum absolute atomic E-state index is 10.3. The Labute approximate surface area is 145 Å². The van der Waals surface area contributed by atoms with E-state index in [9.17, 15) is 15.3 Å². The molecule has 25 heavy (non-hydrogen) atoms. The molecule has 0 bridgehead atoms. The standard InChI is InChI=1S/C20H20O5/c1-10(2)17(23)8-14-16(22)6-5-12-15-9-24-18-7-11(21)3-4-13(18)20(15)25-19(12)14/h3-7,15,17,20-23H,1,8-9H2,2H3/t15-,17-,20-/m0/s1. The topological polar surface area (TPSA) is 79.2 Å². The molecule has 0 saturated heterocycles. The quantitative estimate of drug-likeness (QED) is 0.748. The summed E-state index contributed by atoms with van der Waals surface area (Å²) in [5.74, 6) is 1.48. The largest absolute Gasteiger partial charge is 0.508 e. The zero-order valence-corrected chi connectivity index (χ0v) is 13.9. The molecule has 0 radical (unpaired) electrons.